The first kappa shape index (κ1) is 22.3. The van der Waals surface area contributed by atoms with Gasteiger partial charge in [-0.1, -0.05) is 42.5 Å². The fourth-order valence-electron chi connectivity index (χ4n) is 4.28. The van der Waals surface area contributed by atoms with Crippen LogP contribution in [0, 0.1) is 5.92 Å². The fraction of sp³-hybridized carbons (Fsp3) is 0.321. The van der Waals surface area contributed by atoms with Gasteiger partial charge in [0.1, 0.15) is 12.4 Å². The maximum atomic E-state index is 13.1. The molecule has 0 radical (unpaired) electrons. The van der Waals surface area contributed by atoms with E-state index in [9.17, 15) is 9.90 Å². The zero-order valence-electron chi connectivity index (χ0n) is 19.2. The standard InChI is InChI=1S/C28H29NO5/c1-32-27-17-22(11-14-25(27)33-18-24(30)21-7-8-21)29-16-15-26(28(29)31)34-23-12-9-20(10-13-23)19-5-3-2-4-6-19/h2-6,9-14,17,21,24,26,30H,7-8,15-16,18H2,1H3/t24-,26-/m0/s1. The third-order valence-corrected chi connectivity index (χ3v) is 6.43. The highest BCUT2D eigenvalue weighted by atomic mass is 16.5. The molecule has 34 heavy (non-hydrogen) atoms. The van der Waals surface area contributed by atoms with Gasteiger partial charge in [-0.15, -0.1) is 0 Å². The minimum absolute atomic E-state index is 0.0768. The number of ether oxygens (including phenoxy) is 3. The summed E-state index contributed by atoms with van der Waals surface area (Å²) in [5.74, 6) is 2.04. The average molecular weight is 460 g/mol. The summed E-state index contributed by atoms with van der Waals surface area (Å²) in [5, 5.41) is 10.1. The Hall–Kier alpha value is -3.51. The molecule has 1 saturated carbocycles. The second kappa shape index (κ2) is 9.77. The number of aliphatic hydroxyl groups excluding tert-OH is 1. The predicted molar refractivity (Wildman–Crippen MR) is 130 cm³/mol. The van der Waals surface area contributed by atoms with Gasteiger partial charge in [0.05, 0.1) is 13.2 Å². The van der Waals surface area contributed by atoms with Gasteiger partial charge in [0, 0.05) is 24.7 Å². The minimum atomic E-state index is -0.529. The Kier molecular flexibility index (Phi) is 6.41. The molecule has 2 aliphatic rings. The molecule has 2 fully saturated rings. The van der Waals surface area contributed by atoms with E-state index in [1.807, 2.05) is 48.5 Å². The third kappa shape index (κ3) is 4.87. The quantitative estimate of drug-likeness (QED) is 0.503. The number of anilines is 1. The van der Waals surface area contributed by atoms with Crippen molar-refractivity contribution < 1.29 is 24.1 Å². The van der Waals surface area contributed by atoms with Crippen molar-refractivity contribution in [1.29, 1.82) is 0 Å². The second-order valence-electron chi connectivity index (χ2n) is 8.83. The summed E-state index contributed by atoms with van der Waals surface area (Å²) < 4.78 is 17.3. The van der Waals surface area contributed by atoms with Crippen LogP contribution in [0.2, 0.25) is 0 Å². The minimum Gasteiger partial charge on any atom is -0.493 e. The summed E-state index contributed by atoms with van der Waals surface area (Å²) in [5.41, 5.74) is 2.98. The van der Waals surface area contributed by atoms with E-state index in [4.69, 9.17) is 14.2 Å². The maximum absolute atomic E-state index is 13.1. The Morgan fingerprint density at radius 3 is 2.38 bits per heavy atom. The molecule has 1 heterocycles. The monoisotopic (exact) mass is 459 g/mol. The molecule has 176 valence electrons. The average Bonchev–Trinajstić information content (AvgIpc) is 3.68. The van der Waals surface area contributed by atoms with Crippen molar-refractivity contribution in [2.75, 3.05) is 25.2 Å². The summed E-state index contributed by atoms with van der Waals surface area (Å²) >= 11 is 0. The molecule has 0 aromatic heterocycles. The third-order valence-electron chi connectivity index (χ3n) is 6.43. The van der Waals surface area contributed by atoms with Crippen LogP contribution in [0.15, 0.2) is 72.8 Å². The predicted octanol–water partition coefficient (Wildman–Crippen LogP) is 4.70. The molecule has 6 heteroatoms. The highest BCUT2D eigenvalue weighted by Crippen LogP contribution is 2.36. The van der Waals surface area contributed by atoms with Crippen LogP contribution >= 0.6 is 0 Å². The first-order valence-corrected chi connectivity index (χ1v) is 11.7. The molecular weight excluding hydrogens is 430 g/mol. The van der Waals surface area contributed by atoms with Gasteiger partial charge in [0.25, 0.3) is 5.91 Å². The molecule has 2 atom stereocenters. The van der Waals surface area contributed by atoms with E-state index >= 15 is 0 Å². The van der Waals surface area contributed by atoms with Crippen LogP contribution in [-0.2, 0) is 4.79 Å². The van der Waals surface area contributed by atoms with E-state index in [-0.39, 0.29) is 12.5 Å². The highest BCUT2D eigenvalue weighted by Gasteiger charge is 2.35. The van der Waals surface area contributed by atoms with E-state index in [2.05, 4.69) is 12.1 Å². The van der Waals surface area contributed by atoms with Crippen LogP contribution in [0.25, 0.3) is 11.1 Å². The van der Waals surface area contributed by atoms with E-state index < -0.39 is 12.2 Å². The van der Waals surface area contributed by atoms with Crippen LogP contribution in [0.4, 0.5) is 5.69 Å². The lowest BCUT2D eigenvalue weighted by molar-refractivity contribution is -0.122. The molecule has 3 aromatic carbocycles. The first-order chi connectivity index (χ1) is 16.6. The Morgan fingerprint density at radius 1 is 0.941 bits per heavy atom. The topological polar surface area (TPSA) is 68.2 Å². The number of amides is 1. The molecule has 1 saturated heterocycles. The van der Waals surface area contributed by atoms with Crippen molar-refractivity contribution in [1.82, 2.24) is 0 Å². The number of aliphatic hydroxyl groups is 1. The SMILES string of the molecule is COc1cc(N2CC[C@H](Oc3ccc(-c4ccccc4)cc3)C2=O)ccc1OC[C@H](O)C1CC1. The molecule has 1 aliphatic carbocycles. The first-order valence-electron chi connectivity index (χ1n) is 11.7. The second-order valence-corrected chi connectivity index (χ2v) is 8.83. The number of nitrogens with zero attached hydrogens (tertiary/aromatic N) is 1. The van der Waals surface area contributed by atoms with E-state index in [0.29, 0.717) is 36.1 Å². The lowest BCUT2D eigenvalue weighted by Crippen LogP contribution is -2.32. The zero-order chi connectivity index (χ0) is 23.5. The number of hydrogen-bond acceptors (Lipinski definition) is 5. The summed E-state index contributed by atoms with van der Waals surface area (Å²) in [6.07, 6.45) is 1.73. The van der Waals surface area contributed by atoms with Crippen LogP contribution in [-0.4, -0.2) is 43.5 Å². The molecule has 0 bridgehead atoms. The van der Waals surface area contributed by atoms with Crippen LogP contribution in [0.1, 0.15) is 19.3 Å². The molecule has 0 spiro atoms. The Bertz CT molecular complexity index is 1130. The Morgan fingerprint density at radius 2 is 1.68 bits per heavy atom. The largest absolute Gasteiger partial charge is 0.493 e. The molecule has 5 rings (SSSR count). The normalized spacial score (nSPS) is 18.6. The lowest BCUT2D eigenvalue weighted by atomic mass is 10.1. The highest BCUT2D eigenvalue weighted by molar-refractivity contribution is 5.99. The number of hydrogen-bond donors (Lipinski definition) is 1. The molecule has 3 aromatic rings. The van der Waals surface area contributed by atoms with E-state index in [1.54, 1.807) is 24.1 Å². The fourth-order valence-corrected chi connectivity index (χ4v) is 4.28. The van der Waals surface area contributed by atoms with Crippen molar-refractivity contribution in [3.63, 3.8) is 0 Å². The van der Waals surface area contributed by atoms with Gasteiger partial charge in [-0.3, -0.25) is 4.79 Å². The van der Waals surface area contributed by atoms with Crippen molar-refractivity contribution in [3.05, 3.63) is 72.8 Å². The Balaban J connectivity index is 1.22. The molecule has 0 unspecified atom stereocenters. The van der Waals surface area contributed by atoms with Crippen molar-refractivity contribution in [2.45, 2.75) is 31.5 Å². The summed E-state index contributed by atoms with van der Waals surface area (Å²) in [7, 11) is 1.57. The van der Waals surface area contributed by atoms with E-state index in [0.717, 1.165) is 29.7 Å². The van der Waals surface area contributed by atoms with Gasteiger partial charge in [-0.25, -0.2) is 0 Å². The maximum Gasteiger partial charge on any atom is 0.268 e. The molecule has 6 nitrogen and oxygen atoms in total. The number of carbonyl (C=O) groups is 1. The molecule has 1 amide bonds. The lowest BCUT2D eigenvalue weighted by Gasteiger charge is -2.20. The van der Waals surface area contributed by atoms with Crippen molar-refractivity contribution >= 4 is 11.6 Å². The van der Waals surface area contributed by atoms with Gasteiger partial charge in [0.2, 0.25) is 0 Å². The molecule has 1 aliphatic heterocycles. The van der Waals surface area contributed by atoms with E-state index in [1.165, 1.54) is 0 Å². The summed E-state index contributed by atoms with van der Waals surface area (Å²) in [6.45, 7) is 0.803. The molecular formula is C28H29NO5. The zero-order valence-corrected chi connectivity index (χ0v) is 19.2. The van der Waals surface area contributed by atoms with Crippen molar-refractivity contribution in [2.24, 2.45) is 5.92 Å². The van der Waals surface area contributed by atoms with Crippen LogP contribution in [0.3, 0.4) is 0 Å². The number of methoxy groups -OCH3 is 1. The smallest absolute Gasteiger partial charge is 0.268 e. The number of rotatable bonds is 9. The van der Waals surface area contributed by atoms with Gasteiger partial charge < -0.3 is 24.2 Å². The van der Waals surface area contributed by atoms with Crippen LogP contribution in [0.5, 0.6) is 17.2 Å². The number of carbonyl (C=O) groups excluding carboxylic acids is 1. The van der Waals surface area contributed by atoms with Crippen LogP contribution < -0.4 is 19.1 Å². The van der Waals surface area contributed by atoms with Gasteiger partial charge >= 0.3 is 0 Å². The van der Waals surface area contributed by atoms with Crippen molar-refractivity contribution in [3.8, 4) is 28.4 Å². The summed E-state index contributed by atoms with van der Waals surface area (Å²) in [6, 6.07) is 23.4. The van der Waals surface area contributed by atoms with Gasteiger partial charge in [0.15, 0.2) is 17.6 Å². The Labute approximate surface area is 199 Å². The number of benzene rings is 3. The summed E-state index contributed by atoms with van der Waals surface area (Å²) in [4.78, 5) is 14.8. The van der Waals surface area contributed by atoms with Gasteiger partial charge in [-0.05, 0) is 54.2 Å². The van der Waals surface area contributed by atoms with Gasteiger partial charge in [-0.2, -0.15) is 0 Å². The molecule has 1 N–H and O–H groups in total.